The molecule has 1 amide bonds. The molecule has 0 atom stereocenters. The van der Waals surface area contributed by atoms with Gasteiger partial charge < -0.3 is 10.8 Å². The number of benzene rings is 1. The van der Waals surface area contributed by atoms with Crippen molar-refractivity contribution in [3.05, 3.63) is 34.9 Å². The van der Waals surface area contributed by atoms with Crippen LogP contribution in [-0.2, 0) is 17.6 Å². The van der Waals surface area contributed by atoms with E-state index in [1.165, 1.54) is 0 Å². The first kappa shape index (κ1) is 14.1. The molecule has 1 rings (SSSR count). The summed E-state index contributed by atoms with van der Waals surface area (Å²) in [5.74, 6) is 4.29. The SMILES string of the molecule is NC(=O)CC#Cc1ccc(C(F)(F)F)cc1CO. The number of rotatable bonds is 2. The summed E-state index contributed by atoms with van der Waals surface area (Å²) < 4.78 is 37.2. The number of alkyl halides is 3. The normalized spacial score (nSPS) is 10.7. The molecular formula is C12H10F3NO2. The van der Waals surface area contributed by atoms with Crippen molar-refractivity contribution in [2.24, 2.45) is 5.73 Å². The van der Waals surface area contributed by atoms with Crippen LogP contribution >= 0.6 is 0 Å². The summed E-state index contributed by atoms with van der Waals surface area (Å²) in [5, 5.41) is 8.99. The second-order valence-corrected chi connectivity index (χ2v) is 3.47. The van der Waals surface area contributed by atoms with Gasteiger partial charge in [0, 0.05) is 5.56 Å². The first-order valence-corrected chi connectivity index (χ1v) is 4.92. The highest BCUT2D eigenvalue weighted by atomic mass is 19.4. The molecule has 3 nitrogen and oxygen atoms in total. The van der Waals surface area contributed by atoms with E-state index in [0.29, 0.717) is 0 Å². The Labute approximate surface area is 101 Å². The van der Waals surface area contributed by atoms with Crippen LogP contribution in [0.15, 0.2) is 18.2 Å². The van der Waals surface area contributed by atoms with Gasteiger partial charge in [0.15, 0.2) is 0 Å². The van der Waals surface area contributed by atoms with Crippen molar-refractivity contribution in [2.75, 3.05) is 0 Å². The molecule has 96 valence electrons. The number of primary amides is 1. The number of amides is 1. The molecule has 0 unspecified atom stereocenters. The van der Waals surface area contributed by atoms with E-state index < -0.39 is 24.3 Å². The number of halogens is 3. The van der Waals surface area contributed by atoms with Gasteiger partial charge in [0.1, 0.15) is 0 Å². The zero-order chi connectivity index (χ0) is 13.8. The Kier molecular flexibility index (Phi) is 4.34. The number of hydrogen-bond acceptors (Lipinski definition) is 2. The number of carbonyl (C=O) groups excluding carboxylic acids is 1. The number of hydrogen-bond donors (Lipinski definition) is 2. The third-order valence-electron chi connectivity index (χ3n) is 2.09. The highest BCUT2D eigenvalue weighted by molar-refractivity contribution is 5.76. The molecular weight excluding hydrogens is 247 g/mol. The molecule has 0 aromatic heterocycles. The average molecular weight is 257 g/mol. The zero-order valence-electron chi connectivity index (χ0n) is 9.21. The van der Waals surface area contributed by atoms with E-state index in [2.05, 4.69) is 11.8 Å². The molecule has 1 aromatic rings. The Bertz CT molecular complexity index is 512. The van der Waals surface area contributed by atoms with E-state index in [4.69, 9.17) is 10.8 Å². The van der Waals surface area contributed by atoms with Crippen LogP contribution in [0.4, 0.5) is 13.2 Å². The predicted molar refractivity (Wildman–Crippen MR) is 58.1 cm³/mol. The second-order valence-electron chi connectivity index (χ2n) is 3.47. The Hall–Kier alpha value is -2.00. The van der Waals surface area contributed by atoms with Crippen LogP contribution in [0.25, 0.3) is 0 Å². The minimum absolute atomic E-state index is 0.0572. The van der Waals surface area contributed by atoms with Gasteiger partial charge in [0.2, 0.25) is 5.91 Å². The van der Waals surface area contributed by atoms with Crippen LogP contribution in [0.5, 0.6) is 0 Å². The second kappa shape index (κ2) is 5.56. The van der Waals surface area contributed by atoms with Gasteiger partial charge in [-0.25, -0.2) is 0 Å². The summed E-state index contributed by atoms with van der Waals surface area (Å²) >= 11 is 0. The summed E-state index contributed by atoms with van der Waals surface area (Å²) in [7, 11) is 0. The van der Waals surface area contributed by atoms with E-state index in [-0.39, 0.29) is 17.5 Å². The first-order chi connectivity index (χ1) is 8.34. The van der Waals surface area contributed by atoms with Gasteiger partial charge in [0.25, 0.3) is 0 Å². The van der Waals surface area contributed by atoms with Gasteiger partial charge in [-0.3, -0.25) is 4.79 Å². The summed E-state index contributed by atoms with van der Waals surface area (Å²) in [4.78, 5) is 10.5. The van der Waals surface area contributed by atoms with Crippen LogP contribution in [0.3, 0.4) is 0 Å². The fraction of sp³-hybridized carbons (Fsp3) is 0.250. The third kappa shape index (κ3) is 3.79. The summed E-state index contributed by atoms with van der Waals surface area (Å²) in [6.07, 6.45) is -4.66. The van der Waals surface area contributed by atoms with Crippen LogP contribution < -0.4 is 5.73 Å². The molecule has 1 aromatic carbocycles. The molecule has 0 bridgehead atoms. The minimum Gasteiger partial charge on any atom is -0.392 e. The quantitative estimate of drug-likeness (QED) is 0.787. The summed E-state index contributed by atoms with van der Waals surface area (Å²) in [6, 6.07) is 2.85. The van der Waals surface area contributed by atoms with E-state index in [1.807, 2.05) is 0 Å². The minimum atomic E-state index is -4.47. The lowest BCUT2D eigenvalue weighted by Crippen LogP contribution is -2.08. The number of carbonyl (C=O) groups is 1. The smallest absolute Gasteiger partial charge is 0.392 e. The van der Waals surface area contributed by atoms with E-state index in [1.54, 1.807) is 0 Å². The standard InChI is InChI=1S/C12H10F3NO2/c13-12(14,15)10-5-4-8(9(6-10)7-17)2-1-3-11(16)18/h4-6,17H,3,7H2,(H2,16,18). The van der Waals surface area contributed by atoms with Gasteiger partial charge >= 0.3 is 6.18 Å². The third-order valence-corrected chi connectivity index (χ3v) is 2.09. The highest BCUT2D eigenvalue weighted by Crippen LogP contribution is 2.30. The zero-order valence-corrected chi connectivity index (χ0v) is 9.21. The monoisotopic (exact) mass is 257 g/mol. The maximum Gasteiger partial charge on any atom is 0.416 e. The van der Waals surface area contributed by atoms with Crippen LogP contribution in [0.2, 0.25) is 0 Å². The molecule has 0 aliphatic carbocycles. The van der Waals surface area contributed by atoms with E-state index >= 15 is 0 Å². The van der Waals surface area contributed by atoms with Gasteiger partial charge in [-0.1, -0.05) is 11.8 Å². The number of nitrogens with two attached hydrogens (primary N) is 1. The van der Waals surface area contributed by atoms with Crippen molar-refractivity contribution < 1.29 is 23.1 Å². The average Bonchev–Trinajstić information content (AvgIpc) is 2.27. The molecule has 0 radical (unpaired) electrons. The van der Waals surface area contributed by atoms with Crippen molar-refractivity contribution in [1.29, 1.82) is 0 Å². The molecule has 18 heavy (non-hydrogen) atoms. The predicted octanol–water partition coefficient (Wildman–Crippen LogP) is 1.42. The van der Waals surface area contributed by atoms with Crippen LogP contribution in [0, 0.1) is 11.8 Å². The van der Waals surface area contributed by atoms with Crippen LogP contribution in [-0.4, -0.2) is 11.0 Å². The van der Waals surface area contributed by atoms with E-state index in [9.17, 15) is 18.0 Å². The molecule has 0 saturated heterocycles. The molecule has 0 fully saturated rings. The van der Waals surface area contributed by atoms with Gasteiger partial charge in [-0.15, -0.1) is 0 Å². The Balaban J connectivity index is 3.07. The van der Waals surface area contributed by atoms with Crippen molar-refractivity contribution in [3.8, 4) is 11.8 Å². The molecule has 3 N–H and O–H groups in total. The molecule has 0 spiro atoms. The van der Waals surface area contributed by atoms with Crippen LogP contribution in [0.1, 0.15) is 23.1 Å². The van der Waals surface area contributed by atoms with Gasteiger partial charge in [-0.05, 0) is 23.8 Å². The topological polar surface area (TPSA) is 63.3 Å². The maximum atomic E-state index is 12.4. The maximum absolute atomic E-state index is 12.4. The van der Waals surface area contributed by atoms with E-state index in [0.717, 1.165) is 18.2 Å². The largest absolute Gasteiger partial charge is 0.416 e. The Morgan fingerprint density at radius 1 is 1.39 bits per heavy atom. The number of aliphatic hydroxyl groups excluding tert-OH is 1. The number of aliphatic hydroxyl groups is 1. The fourth-order valence-electron chi connectivity index (χ4n) is 1.25. The molecule has 0 aliphatic heterocycles. The first-order valence-electron chi connectivity index (χ1n) is 4.92. The Morgan fingerprint density at radius 2 is 2.06 bits per heavy atom. The summed E-state index contributed by atoms with van der Waals surface area (Å²) in [6.45, 7) is -0.565. The van der Waals surface area contributed by atoms with Crippen molar-refractivity contribution >= 4 is 5.91 Å². The molecule has 6 heteroatoms. The van der Waals surface area contributed by atoms with Crippen molar-refractivity contribution in [3.63, 3.8) is 0 Å². The lowest BCUT2D eigenvalue weighted by atomic mass is 10.0. The van der Waals surface area contributed by atoms with Crippen molar-refractivity contribution in [2.45, 2.75) is 19.2 Å². The fourth-order valence-corrected chi connectivity index (χ4v) is 1.25. The Morgan fingerprint density at radius 3 is 2.56 bits per heavy atom. The molecule has 0 saturated carbocycles. The lowest BCUT2D eigenvalue weighted by molar-refractivity contribution is -0.137. The molecule has 0 aliphatic rings. The van der Waals surface area contributed by atoms with Gasteiger partial charge in [-0.2, -0.15) is 13.2 Å². The summed E-state index contributed by atoms with van der Waals surface area (Å²) in [5.41, 5.74) is 4.31. The van der Waals surface area contributed by atoms with Gasteiger partial charge in [0.05, 0.1) is 18.6 Å². The van der Waals surface area contributed by atoms with Crippen molar-refractivity contribution in [1.82, 2.24) is 0 Å². The lowest BCUT2D eigenvalue weighted by Gasteiger charge is -2.09. The molecule has 0 heterocycles. The highest BCUT2D eigenvalue weighted by Gasteiger charge is 2.30.